The van der Waals surface area contributed by atoms with Crippen molar-refractivity contribution >= 4 is 0 Å². The summed E-state index contributed by atoms with van der Waals surface area (Å²) in [5, 5.41) is 0. The van der Waals surface area contributed by atoms with Crippen molar-refractivity contribution in [2.24, 2.45) is 5.92 Å². The molecule has 0 saturated carbocycles. The Morgan fingerprint density at radius 2 is 1.69 bits per heavy atom. The monoisotopic (exact) mass is 220 g/mol. The summed E-state index contributed by atoms with van der Waals surface area (Å²) in [6, 6.07) is 8.81. The largest absolute Gasteiger partial charge is 0.377 e. The molecule has 0 heterocycles. The minimum atomic E-state index is 0.611. The van der Waals surface area contributed by atoms with Crippen LogP contribution in [0.5, 0.6) is 0 Å². The molecule has 0 aromatic heterocycles. The van der Waals surface area contributed by atoms with E-state index in [1.165, 1.54) is 17.5 Å². The standard InChI is InChI=1S/C15H24O/c1-5-13(4)15-8-6-14(7-9-15)11-16-10-12(2)3/h6-9,12-13H,5,10-11H2,1-4H3. The number of rotatable bonds is 6. The van der Waals surface area contributed by atoms with Gasteiger partial charge in [-0.25, -0.2) is 0 Å². The molecule has 1 unspecified atom stereocenters. The second kappa shape index (κ2) is 6.70. The third-order valence-electron chi connectivity index (χ3n) is 2.88. The van der Waals surface area contributed by atoms with E-state index in [1.807, 2.05) is 0 Å². The number of hydrogen-bond acceptors (Lipinski definition) is 1. The Kier molecular flexibility index (Phi) is 5.54. The van der Waals surface area contributed by atoms with Gasteiger partial charge < -0.3 is 4.74 Å². The molecule has 0 N–H and O–H groups in total. The van der Waals surface area contributed by atoms with E-state index in [2.05, 4.69) is 52.0 Å². The van der Waals surface area contributed by atoms with Crippen LogP contribution in [0.1, 0.15) is 51.2 Å². The van der Waals surface area contributed by atoms with Crippen molar-refractivity contribution in [3.63, 3.8) is 0 Å². The van der Waals surface area contributed by atoms with Crippen LogP contribution in [0.4, 0.5) is 0 Å². The van der Waals surface area contributed by atoms with E-state index in [4.69, 9.17) is 4.74 Å². The molecule has 1 nitrogen and oxygen atoms in total. The van der Waals surface area contributed by atoms with Crippen LogP contribution in [0.2, 0.25) is 0 Å². The molecule has 1 aromatic rings. The Labute approximate surface area is 99.8 Å². The summed E-state index contributed by atoms with van der Waals surface area (Å²) in [4.78, 5) is 0. The molecule has 0 saturated heterocycles. The zero-order valence-electron chi connectivity index (χ0n) is 11.0. The summed E-state index contributed by atoms with van der Waals surface area (Å²) in [7, 11) is 0. The lowest BCUT2D eigenvalue weighted by molar-refractivity contribution is 0.0971. The Balaban J connectivity index is 2.45. The van der Waals surface area contributed by atoms with Crippen LogP contribution in [0.25, 0.3) is 0 Å². The maximum absolute atomic E-state index is 5.61. The molecule has 0 radical (unpaired) electrons. The maximum Gasteiger partial charge on any atom is 0.0717 e. The van der Waals surface area contributed by atoms with Crippen molar-refractivity contribution in [3.8, 4) is 0 Å². The van der Waals surface area contributed by atoms with Gasteiger partial charge in [0.05, 0.1) is 6.61 Å². The third-order valence-corrected chi connectivity index (χ3v) is 2.88. The highest BCUT2D eigenvalue weighted by atomic mass is 16.5. The van der Waals surface area contributed by atoms with Crippen molar-refractivity contribution in [1.82, 2.24) is 0 Å². The van der Waals surface area contributed by atoms with Crippen molar-refractivity contribution in [3.05, 3.63) is 35.4 Å². The van der Waals surface area contributed by atoms with Gasteiger partial charge in [-0.15, -0.1) is 0 Å². The van der Waals surface area contributed by atoms with E-state index < -0.39 is 0 Å². The first-order valence-corrected chi connectivity index (χ1v) is 6.30. The van der Waals surface area contributed by atoms with E-state index in [1.54, 1.807) is 0 Å². The molecular formula is C15H24O. The van der Waals surface area contributed by atoms with Gasteiger partial charge in [0.1, 0.15) is 0 Å². The summed E-state index contributed by atoms with van der Waals surface area (Å²) in [6.07, 6.45) is 1.20. The van der Waals surface area contributed by atoms with Crippen molar-refractivity contribution in [1.29, 1.82) is 0 Å². The molecule has 0 bridgehead atoms. The minimum absolute atomic E-state index is 0.611. The smallest absolute Gasteiger partial charge is 0.0717 e. The highest BCUT2D eigenvalue weighted by Gasteiger charge is 2.02. The van der Waals surface area contributed by atoms with Gasteiger partial charge in [0.25, 0.3) is 0 Å². The number of benzene rings is 1. The quantitative estimate of drug-likeness (QED) is 0.691. The van der Waals surface area contributed by atoms with Gasteiger partial charge in [0, 0.05) is 6.61 Å². The molecule has 16 heavy (non-hydrogen) atoms. The topological polar surface area (TPSA) is 9.23 Å². The van der Waals surface area contributed by atoms with Crippen LogP contribution in [0.3, 0.4) is 0 Å². The minimum Gasteiger partial charge on any atom is -0.377 e. The van der Waals surface area contributed by atoms with Crippen LogP contribution >= 0.6 is 0 Å². The molecule has 0 amide bonds. The second-order valence-electron chi connectivity index (χ2n) is 4.96. The Bertz CT molecular complexity index is 287. The molecule has 1 aromatic carbocycles. The molecule has 0 aliphatic carbocycles. The first-order valence-electron chi connectivity index (χ1n) is 6.30. The molecule has 1 heteroatoms. The average molecular weight is 220 g/mol. The fraction of sp³-hybridized carbons (Fsp3) is 0.600. The highest BCUT2D eigenvalue weighted by molar-refractivity contribution is 5.24. The third kappa shape index (κ3) is 4.36. The van der Waals surface area contributed by atoms with E-state index in [9.17, 15) is 0 Å². The Hall–Kier alpha value is -0.820. The summed E-state index contributed by atoms with van der Waals surface area (Å²) in [6.45, 7) is 10.4. The van der Waals surface area contributed by atoms with Crippen molar-refractivity contribution in [2.45, 2.75) is 46.6 Å². The average Bonchev–Trinajstić information content (AvgIpc) is 2.28. The zero-order valence-corrected chi connectivity index (χ0v) is 11.0. The maximum atomic E-state index is 5.61. The van der Waals surface area contributed by atoms with Crippen LogP contribution in [-0.2, 0) is 11.3 Å². The molecule has 1 rings (SSSR count). The van der Waals surface area contributed by atoms with Crippen LogP contribution < -0.4 is 0 Å². The fourth-order valence-electron chi connectivity index (χ4n) is 1.59. The van der Waals surface area contributed by atoms with Gasteiger partial charge in [-0.3, -0.25) is 0 Å². The second-order valence-corrected chi connectivity index (χ2v) is 4.96. The molecule has 0 fully saturated rings. The predicted molar refractivity (Wildman–Crippen MR) is 69.6 cm³/mol. The molecule has 0 spiro atoms. The number of ether oxygens (including phenoxy) is 1. The summed E-state index contributed by atoms with van der Waals surface area (Å²) < 4.78 is 5.61. The molecule has 0 aliphatic rings. The normalized spacial score (nSPS) is 13.1. The summed E-state index contributed by atoms with van der Waals surface area (Å²) in [5.74, 6) is 1.27. The van der Waals surface area contributed by atoms with Gasteiger partial charge in [-0.05, 0) is 29.4 Å². The fourth-order valence-corrected chi connectivity index (χ4v) is 1.59. The van der Waals surface area contributed by atoms with Crippen LogP contribution in [0.15, 0.2) is 24.3 Å². The van der Waals surface area contributed by atoms with Crippen LogP contribution in [0, 0.1) is 5.92 Å². The van der Waals surface area contributed by atoms with Crippen molar-refractivity contribution < 1.29 is 4.74 Å². The first kappa shape index (κ1) is 13.2. The SMILES string of the molecule is CCC(C)c1ccc(COCC(C)C)cc1. The molecule has 1 atom stereocenters. The van der Waals surface area contributed by atoms with E-state index in [0.717, 1.165) is 13.2 Å². The van der Waals surface area contributed by atoms with Gasteiger partial charge in [-0.2, -0.15) is 0 Å². The zero-order chi connectivity index (χ0) is 12.0. The van der Waals surface area contributed by atoms with Crippen LogP contribution in [-0.4, -0.2) is 6.61 Å². The van der Waals surface area contributed by atoms with E-state index in [-0.39, 0.29) is 0 Å². The number of hydrogen-bond donors (Lipinski definition) is 0. The predicted octanol–water partition coefficient (Wildman–Crippen LogP) is 4.37. The Morgan fingerprint density at radius 3 is 2.19 bits per heavy atom. The van der Waals surface area contributed by atoms with Gasteiger partial charge >= 0.3 is 0 Å². The molecule has 90 valence electrons. The Morgan fingerprint density at radius 1 is 1.06 bits per heavy atom. The van der Waals surface area contributed by atoms with Gasteiger partial charge in [0.2, 0.25) is 0 Å². The lowest BCUT2D eigenvalue weighted by atomic mass is 9.98. The van der Waals surface area contributed by atoms with Gasteiger partial charge in [-0.1, -0.05) is 52.0 Å². The summed E-state index contributed by atoms with van der Waals surface area (Å²) >= 11 is 0. The summed E-state index contributed by atoms with van der Waals surface area (Å²) in [5.41, 5.74) is 2.70. The first-order chi connectivity index (χ1) is 7.63. The lowest BCUT2D eigenvalue weighted by Gasteiger charge is -2.10. The van der Waals surface area contributed by atoms with E-state index in [0.29, 0.717) is 11.8 Å². The molecule has 0 aliphatic heterocycles. The lowest BCUT2D eigenvalue weighted by Crippen LogP contribution is -2.02. The van der Waals surface area contributed by atoms with Gasteiger partial charge in [0.15, 0.2) is 0 Å². The van der Waals surface area contributed by atoms with Crippen molar-refractivity contribution in [2.75, 3.05) is 6.61 Å². The van der Waals surface area contributed by atoms with E-state index >= 15 is 0 Å². The molecular weight excluding hydrogens is 196 g/mol. The highest BCUT2D eigenvalue weighted by Crippen LogP contribution is 2.19.